The van der Waals surface area contributed by atoms with Crippen molar-refractivity contribution in [3.05, 3.63) is 29.0 Å². The molecule has 0 atom stereocenters. The fourth-order valence-corrected chi connectivity index (χ4v) is 2.03. The van der Waals surface area contributed by atoms with Crippen molar-refractivity contribution in [1.29, 1.82) is 0 Å². The molecular weight excluding hydrogens is 252 g/mol. The average molecular weight is 265 g/mol. The van der Waals surface area contributed by atoms with E-state index in [1.807, 2.05) is 13.8 Å². The Hall–Kier alpha value is -1.88. The number of fused-ring (bicyclic) bond motifs is 1. The molecule has 0 fully saturated rings. The second kappa shape index (κ2) is 4.78. The highest BCUT2D eigenvalue weighted by molar-refractivity contribution is 6.29. The maximum Gasteiger partial charge on any atom is 0.316 e. The maximum absolute atomic E-state index is 11.0. The Morgan fingerprint density at radius 1 is 1.44 bits per heavy atom. The second-order valence-electron chi connectivity index (χ2n) is 4.23. The Balaban J connectivity index is 2.72. The van der Waals surface area contributed by atoms with Gasteiger partial charge in [0.05, 0.1) is 22.9 Å². The fourth-order valence-electron chi connectivity index (χ4n) is 1.88. The number of rotatable bonds is 2. The van der Waals surface area contributed by atoms with E-state index in [-0.39, 0.29) is 5.92 Å². The maximum atomic E-state index is 11.0. The van der Waals surface area contributed by atoms with E-state index in [4.69, 9.17) is 17.3 Å². The first-order chi connectivity index (χ1) is 8.49. The van der Waals surface area contributed by atoms with Crippen LogP contribution in [0.5, 0.6) is 0 Å². The summed E-state index contributed by atoms with van der Waals surface area (Å²) in [5, 5.41) is 2.95. The lowest BCUT2D eigenvalue weighted by atomic mass is 10.0. The van der Waals surface area contributed by atoms with Crippen molar-refractivity contribution >= 4 is 34.4 Å². The summed E-state index contributed by atoms with van der Waals surface area (Å²) < 4.78 is 0. The molecule has 0 aliphatic rings. The number of carbonyl (C=O) groups excluding carboxylic acids is 1. The summed E-state index contributed by atoms with van der Waals surface area (Å²) >= 11 is 5.90. The highest BCUT2D eigenvalue weighted by Gasteiger charge is 2.14. The molecule has 0 saturated heterocycles. The average Bonchev–Trinajstić information content (AvgIpc) is 2.26. The monoisotopic (exact) mass is 264 g/mol. The third kappa shape index (κ3) is 2.36. The predicted molar refractivity (Wildman–Crippen MR) is 71.8 cm³/mol. The van der Waals surface area contributed by atoms with Crippen LogP contribution in [0.15, 0.2) is 18.3 Å². The summed E-state index contributed by atoms with van der Waals surface area (Å²) in [7, 11) is 0. The van der Waals surface area contributed by atoms with Gasteiger partial charge in [-0.05, 0) is 18.1 Å². The summed E-state index contributed by atoms with van der Waals surface area (Å²) in [6, 6.07) is 2.85. The van der Waals surface area contributed by atoms with Crippen LogP contribution in [0, 0.1) is 0 Å². The lowest BCUT2D eigenvalue weighted by Crippen LogP contribution is -2.20. The van der Waals surface area contributed by atoms with E-state index in [9.17, 15) is 4.79 Å². The van der Waals surface area contributed by atoms with Gasteiger partial charge in [0, 0.05) is 5.56 Å². The van der Waals surface area contributed by atoms with Gasteiger partial charge in [-0.2, -0.15) is 0 Å². The van der Waals surface area contributed by atoms with Gasteiger partial charge in [0.15, 0.2) is 0 Å². The number of anilines is 1. The van der Waals surface area contributed by atoms with Crippen LogP contribution in [-0.2, 0) is 0 Å². The second-order valence-corrected chi connectivity index (χ2v) is 4.62. The molecule has 0 spiro atoms. The molecule has 94 valence electrons. The molecule has 0 radical (unpaired) electrons. The third-order valence-corrected chi connectivity index (χ3v) is 2.76. The Bertz CT molecular complexity index is 612. The smallest absolute Gasteiger partial charge is 0.316 e. The number of aromatic nitrogens is 2. The standard InChI is InChI=1S/C12H13ClN4O/c1-6(2)10-8(16-12(14)18)5-15-7-3-4-9(13)17-11(7)10/h3-6H,1-2H3,(H3,14,16,18). The van der Waals surface area contributed by atoms with E-state index in [1.54, 1.807) is 18.3 Å². The number of hydrogen-bond donors (Lipinski definition) is 2. The summed E-state index contributed by atoms with van der Waals surface area (Å²) in [6.07, 6.45) is 1.58. The van der Waals surface area contributed by atoms with Crippen molar-refractivity contribution in [2.45, 2.75) is 19.8 Å². The van der Waals surface area contributed by atoms with Gasteiger partial charge in [-0.3, -0.25) is 4.98 Å². The molecule has 5 nitrogen and oxygen atoms in total. The molecule has 0 bridgehead atoms. The van der Waals surface area contributed by atoms with Crippen molar-refractivity contribution < 1.29 is 4.79 Å². The van der Waals surface area contributed by atoms with Gasteiger partial charge in [0.1, 0.15) is 5.15 Å². The Labute approximate surface area is 109 Å². The molecule has 2 amide bonds. The topological polar surface area (TPSA) is 80.9 Å². The van der Waals surface area contributed by atoms with Crippen LogP contribution in [0.2, 0.25) is 5.15 Å². The lowest BCUT2D eigenvalue weighted by Gasteiger charge is -2.14. The van der Waals surface area contributed by atoms with Gasteiger partial charge in [0.2, 0.25) is 0 Å². The molecule has 2 heterocycles. The minimum Gasteiger partial charge on any atom is -0.351 e. The largest absolute Gasteiger partial charge is 0.351 e. The Kier molecular flexibility index (Phi) is 3.34. The summed E-state index contributed by atoms with van der Waals surface area (Å²) in [5.74, 6) is 0.156. The minimum absolute atomic E-state index is 0.156. The highest BCUT2D eigenvalue weighted by Crippen LogP contribution is 2.30. The van der Waals surface area contributed by atoms with Crippen molar-refractivity contribution in [1.82, 2.24) is 9.97 Å². The van der Waals surface area contributed by atoms with Crippen molar-refractivity contribution in [3.63, 3.8) is 0 Å². The number of nitrogens with zero attached hydrogens (tertiary/aromatic N) is 2. The molecule has 2 aromatic rings. The van der Waals surface area contributed by atoms with E-state index in [2.05, 4.69) is 15.3 Å². The summed E-state index contributed by atoms with van der Waals surface area (Å²) in [5.41, 5.74) is 8.01. The SMILES string of the molecule is CC(C)c1c(NC(N)=O)cnc2ccc(Cl)nc12. The number of urea groups is 1. The molecule has 3 N–H and O–H groups in total. The Morgan fingerprint density at radius 2 is 2.17 bits per heavy atom. The number of carbonyl (C=O) groups is 1. The van der Waals surface area contributed by atoms with Crippen LogP contribution >= 0.6 is 11.6 Å². The van der Waals surface area contributed by atoms with Crippen molar-refractivity contribution in [2.75, 3.05) is 5.32 Å². The third-order valence-electron chi connectivity index (χ3n) is 2.55. The first kappa shape index (κ1) is 12.6. The number of pyridine rings is 2. The number of halogens is 1. The van der Waals surface area contributed by atoms with E-state index >= 15 is 0 Å². The zero-order valence-corrected chi connectivity index (χ0v) is 10.8. The van der Waals surface area contributed by atoms with Crippen LogP contribution in [0.1, 0.15) is 25.3 Å². The van der Waals surface area contributed by atoms with Crippen molar-refractivity contribution in [3.8, 4) is 0 Å². The molecule has 0 aromatic carbocycles. The lowest BCUT2D eigenvalue weighted by molar-refractivity contribution is 0.259. The normalized spacial score (nSPS) is 10.9. The molecule has 0 aliphatic carbocycles. The minimum atomic E-state index is -0.625. The van der Waals surface area contributed by atoms with Crippen LogP contribution in [0.4, 0.5) is 10.5 Å². The van der Waals surface area contributed by atoms with Gasteiger partial charge in [-0.15, -0.1) is 0 Å². The molecule has 18 heavy (non-hydrogen) atoms. The molecule has 2 aromatic heterocycles. The molecule has 6 heteroatoms. The molecule has 0 saturated carbocycles. The number of amides is 2. The quantitative estimate of drug-likeness (QED) is 0.819. The zero-order chi connectivity index (χ0) is 13.3. The first-order valence-electron chi connectivity index (χ1n) is 5.50. The van der Waals surface area contributed by atoms with Gasteiger partial charge >= 0.3 is 6.03 Å². The summed E-state index contributed by atoms with van der Waals surface area (Å²) in [6.45, 7) is 4.01. The molecular formula is C12H13ClN4O. The number of hydrogen-bond acceptors (Lipinski definition) is 3. The van der Waals surface area contributed by atoms with Crippen LogP contribution < -0.4 is 11.1 Å². The van der Waals surface area contributed by atoms with Crippen LogP contribution in [-0.4, -0.2) is 16.0 Å². The number of nitrogens with one attached hydrogen (secondary N) is 1. The van der Waals surface area contributed by atoms with Crippen LogP contribution in [0.25, 0.3) is 11.0 Å². The predicted octanol–water partition coefficient (Wildman–Crippen LogP) is 2.90. The summed E-state index contributed by atoms with van der Waals surface area (Å²) in [4.78, 5) is 19.5. The van der Waals surface area contributed by atoms with E-state index < -0.39 is 6.03 Å². The van der Waals surface area contributed by atoms with E-state index in [0.717, 1.165) is 11.1 Å². The van der Waals surface area contributed by atoms with Crippen molar-refractivity contribution in [2.24, 2.45) is 5.73 Å². The van der Waals surface area contributed by atoms with Crippen LogP contribution in [0.3, 0.4) is 0 Å². The number of primary amides is 1. The number of nitrogens with two attached hydrogens (primary N) is 1. The Morgan fingerprint density at radius 3 is 2.78 bits per heavy atom. The first-order valence-corrected chi connectivity index (χ1v) is 5.88. The van der Waals surface area contributed by atoms with Gasteiger partial charge < -0.3 is 11.1 Å². The van der Waals surface area contributed by atoms with E-state index in [0.29, 0.717) is 16.4 Å². The van der Waals surface area contributed by atoms with E-state index in [1.165, 1.54) is 0 Å². The molecule has 2 rings (SSSR count). The zero-order valence-electron chi connectivity index (χ0n) is 10.1. The van der Waals surface area contributed by atoms with Gasteiger partial charge in [-0.25, -0.2) is 9.78 Å². The molecule has 0 aliphatic heterocycles. The fraction of sp³-hybridized carbons (Fsp3) is 0.250. The van der Waals surface area contributed by atoms with Gasteiger partial charge in [-0.1, -0.05) is 25.4 Å². The van der Waals surface area contributed by atoms with Gasteiger partial charge in [0.25, 0.3) is 0 Å². The highest BCUT2D eigenvalue weighted by atomic mass is 35.5. The molecule has 0 unspecified atom stereocenters.